The van der Waals surface area contributed by atoms with E-state index < -0.39 is 0 Å². The molecule has 2 aliphatic heterocycles. The molecule has 0 aliphatic carbocycles. The number of fused-ring (bicyclic) bond motifs is 1. The van der Waals surface area contributed by atoms with Crippen LogP contribution < -0.4 is 4.74 Å². The van der Waals surface area contributed by atoms with Gasteiger partial charge in [0, 0.05) is 26.1 Å². The Labute approximate surface area is 117 Å². The van der Waals surface area contributed by atoms with Crippen LogP contribution in [0.5, 0.6) is 5.88 Å². The van der Waals surface area contributed by atoms with Gasteiger partial charge in [-0.3, -0.25) is 4.79 Å². The van der Waals surface area contributed by atoms with Crippen molar-refractivity contribution in [2.24, 2.45) is 0 Å². The Morgan fingerprint density at radius 1 is 1.11 bits per heavy atom. The Morgan fingerprint density at radius 3 is 2.53 bits per heavy atom. The fraction of sp³-hybridized carbons (Fsp3) is 0.692. The second-order valence-electron chi connectivity index (χ2n) is 5.10. The first-order valence-corrected chi connectivity index (χ1v) is 7.33. The minimum atomic E-state index is -0.0580. The molecule has 0 bridgehead atoms. The molecule has 1 aromatic rings. The number of halogens is 1. The predicted molar refractivity (Wildman–Crippen MR) is 71.7 cm³/mol. The van der Waals surface area contributed by atoms with Gasteiger partial charge in [0.15, 0.2) is 5.69 Å². The maximum absolute atomic E-state index is 12.5. The molecule has 1 saturated heterocycles. The molecule has 0 unspecified atom stereocenters. The zero-order valence-electron chi connectivity index (χ0n) is 10.9. The molecule has 0 radical (unpaired) electrons. The summed E-state index contributed by atoms with van der Waals surface area (Å²) in [6.45, 7) is 3.02. The number of aryl methyl sites for hydroxylation is 1. The van der Waals surface area contributed by atoms with Crippen molar-refractivity contribution >= 4 is 17.5 Å². The number of nitrogens with zero attached hydrogens (tertiary/aromatic N) is 3. The lowest BCUT2D eigenvalue weighted by molar-refractivity contribution is 0.0755. The van der Waals surface area contributed by atoms with Crippen molar-refractivity contribution in [2.45, 2.75) is 38.6 Å². The standard InChI is InChI=1S/C13H18ClN3O2/c14-10-11(15-17-8-5-9-19-13(10)17)12(18)16-6-3-1-2-4-7-16/h1-9H2. The van der Waals surface area contributed by atoms with Gasteiger partial charge in [-0.1, -0.05) is 24.4 Å². The molecule has 6 heteroatoms. The normalized spacial score (nSPS) is 19.5. The fourth-order valence-corrected chi connectivity index (χ4v) is 2.93. The molecule has 5 nitrogen and oxygen atoms in total. The first-order chi connectivity index (χ1) is 9.27. The second kappa shape index (κ2) is 5.41. The summed E-state index contributed by atoms with van der Waals surface area (Å²) in [5, 5.41) is 4.69. The molecule has 0 saturated carbocycles. The summed E-state index contributed by atoms with van der Waals surface area (Å²) in [6.07, 6.45) is 5.42. The number of carbonyl (C=O) groups is 1. The van der Waals surface area contributed by atoms with Crippen LogP contribution in [-0.2, 0) is 6.54 Å². The molecule has 19 heavy (non-hydrogen) atoms. The molecule has 0 spiro atoms. The van der Waals surface area contributed by atoms with Crippen molar-refractivity contribution in [1.29, 1.82) is 0 Å². The minimum Gasteiger partial charge on any atom is -0.477 e. The van der Waals surface area contributed by atoms with Crippen LogP contribution >= 0.6 is 11.6 Å². The van der Waals surface area contributed by atoms with Crippen molar-refractivity contribution in [1.82, 2.24) is 14.7 Å². The Kier molecular flexibility index (Phi) is 3.64. The predicted octanol–water partition coefficient (Wildman–Crippen LogP) is 2.34. The summed E-state index contributed by atoms with van der Waals surface area (Å²) in [7, 11) is 0. The van der Waals surface area contributed by atoms with E-state index in [4.69, 9.17) is 16.3 Å². The Hall–Kier alpha value is -1.23. The van der Waals surface area contributed by atoms with Crippen LogP contribution in [0.2, 0.25) is 5.02 Å². The van der Waals surface area contributed by atoms with Crippen LogP contribution in [-0.4, -0.2) is 40.3 Å². The third kappa shape index (κ3) is 2.43. The van der Waals surface area contributed by atoms with Crippen LogP contribution in [0.15, 0.2) is 0 Å². The van der Waals surface area contributed by atoms with Gasteiger partial charge in [-0.25, -0.2) is 4.68 Å². The molecule has 0 aromatic carbocycles. The van der Waals surface area contributed by atoms with E-state index in [9.17, 15) is 4.79 Å². The van der Waals surface area contributed by atoms with Crippen molar-refractivity contribution < 1.29 is 9.53 Å². The number of rotatable bonds is 1. The first kappa shape index (κ1) is 12.8. The monoisotopic (exact) mass is 283 g/mol. The smallest absolute Gasteiger partial charge is 0.276 e. The van der Waals surface area contributed by atoms with Gasteiger partial charge in [0.05, 0.1) is 6.61 Å². The third-order valence-corrected chi connectivity index (χ3v) is 4.04. The van der Waals surface area contributed by atoms with Gasteiger partial charge in [-0.15, -0.1) is 0 Å². The van der Waals surface area contributed by atoms with Gasteiger partial charge in [-0.05, 0) is 12.8 Å². The molecule has 3 heterocycles. The summed E-state index contributed by atoms with van der Waals surface area (Å²) in [5.74, 6) is 0.489. The van der Waals surface area contributed by atoms with Crippen LogP contribution in [0.1, 0.15) is 42.6 Å². The van der Waals surface area contributed by atoms with E-state index in [0.29, 0.717) is 23.2 Å². The summed E-state index contributed by atoms with van der Waals surface area (Å²) < 4.78 is 7.20. The van der Waals surface area contributed by atoms with Gasteiger partial charge >= 0.3 is 0 Å². The molecule has 0 atom stereocenters. The van der Waals surface area contributed by atoms with Gasteiger partial charge in [0.25, 0.3) is 5.91 Å². The lowest BCUT2D eigenvalue weighted by Crippen LogP contribution is -2.32. The molecular weight excluding hydrogens is 266 g/mol. The number of amides is 1. The topological polar surface area (TPSA) is 47.4 Å². The highest BCUT2D eigenvalue weighted by Gasteiger charge is 2.28. The number of hydrogen-bond donors (Lipinski definition) is 0. The maximum atomic E-state index is 12.5. The zero-order chi connectivity index (χ0) is 13.2. The van der Waals surface area contributed by atoms with E-state index in [1.165, 1.54) is 12.8 Å². The lowest BCUT2D eigenvalue weighted by atomic mass is 10.2. The van der Waals surface area contributed by atoms with Crippen LogP contribution in [0.25, 0.3) is 0 Å². The van der Waals surface area contributed by atoms with Crippen molar-refractivity contribution in [2.75, 3.05) is 19.7 Å². The fourth-order valence-electron chi connectivity index (χ4n) is 2.66. The van der Waals surface area contributed by atoms with E-state index in [-0.39, 0.29) is 5.91 Å². The number of aromatic nitrogens is 2. The molecule has 0 N–H and O–H groups in total. The van der Waals surface area contributed by atoms with Crippen molar-refractivity contribution in [3.8, 4) is 5.88 Å². The van der Waals surface area contributed by atoms with Gasteiger partial charge in [0.1, 0.15) is 5.02 Å². The molecule has 104 valence electrons. The van der Waals surface area contributed by atoms with Gasteiger partial charge in [-0.2, -0.15) is 5.10 Å². The highest BCUT2D eigenvalue weighted by Crippen LogP contribution is 2.31. The maximum Gasteiger partial charge on any atom is 0.276 e. The number of carbonyl (C=O) groups excluding carboxylic acids is 1. The van der Waals surface area contributed by atoms with Crippen LogP contribution in [0.3, 0.4) is 0 Å². The average Bonchev–Trinajstić information content (AvgIpc) is 2.64. The largest absolute Gasteiger partial charge is 0.477 e. The SMILES string of the molecule is O=C(c1nn2c(c1Cl)OCCC2)N1CCCCCC1. The first-order valence-electron chi connectivity index (χ1n) is 6.96. The quantitative estimate of drug-likeness (QED) is 0.795. The molecular formula is C13H18ClN3O2. The summed E-state index contributed by atoms with van der Waals surface area (Å²) >= 11 is 6.24. The molecule has 1 fully saturated rings. The highest BCUT2D eigenvalue weighted by atomic mass is 35.5. The van der Waals surface area contributed by atoms with Crippen molar-refractivity contribution in [3.05, 3.63) is 10.7 Å². The van der Waals surface area contributed by atoms with Crippen LogP contribution in [0, 0.1) is 0 Å². The highest BCUT2D eigenvalue weighted by molar-refractivity contribution is 6.34. The molecule has 1 amide bonds. The molecule has 2 aliphatic rings. The Balaban J connectivity index is 1.84. The number of likely N-dealkylation sites (tertiary alicyclic amines) is 1. The Morgan fingerprint density at radius 2 is 1.84 bits per heavy atom. The van der Waals surface area contributed by atoms with Crippen molar-refractivity contribution in [3.63, 3.8) is 0 Å². The van der Waals surface area contributed by atoms with Gasteiger partial charge in [0.2, 0.25) is 5.88 Å². The number of hydrogen-bond acceptors (Lipinski definition) is 3. The molecule has 3 rings (SSSR count). The summed E-state index contributed by atoms with van der Waals surface area (Å²) in [6, 6.07) is 0. The third-order valence-electron chi connectivity index (χ3n) is 3.70. The van der Waals surface area contributed by atoms with E-state index in [1.807, 2.05) is 4.90 Å². The number of ether oxygens (including phenoxy) is 1. The van der Waals surface area contributed by atoms with E-state index in [0.717, 1.165) is 38.9 Å². The lowest BCUT2D eigenvalue weighted by Gasteiger charge is -2.18. The van der Waals surface area contributed by atoms with E-state index in [2.05, 4.69) is 5.10 Å². The zero-order valence-corrected chi connectivity index (χ0v) is 11.7. The molecule has 1 aromatic heterocycles. The summed E-state index contributed by atoms with van der Waals surface area (Å²) in [4.78, 5) is 14.4. The summed E-state index contributed by atoms with van der Waals surface area (Å²) in [5.41, 5.74) is 0.348. The Bertz CT molecular complexity index is 478. The minimum absolute atomic E-state index is 0.0580. The van der Waals surface area contributed by atoms with E-state index in [1.54, 1.807) is 4.68 Å². The van der Waals surface area contributed by atoms with Crippen LogP contribution in [0.4, 0.5) is 0 Å². The average molecular weight is 284 g/mol. The van der Waals surface area contributed by atoms with Gasteiger partial charge < -0.3 is 9.64 Å². The second-order valence-corrected chi connectivity index (χ2v) is 5.48. The van der Waals surface area contributed by atoms with E-state index >= 15 is 0 Å².